The molecule has 7 nitrogen and oxygen atoms in total. The highest BCUT2D eigenvalue weighted by atomic mass is 16.5. The Morgan fingerprint density at radius 2 is 2.25 bits per heavy atom. The van der Waals surface area contributed by atoms with E-state index in [4.69, 9.17) is 4.74 Å². The van der Waals surface area contributed by atoms with Gasteiger partial charge in [-0.25, -0.2) is 0 Å². The summed E-state index contributed by atoms with van der Waals surface area (Å²) in [4.78, 5) is 16.6. The molecule has 1 aromatic rings. The number of aromatic nitrogens is 3. The van der Waals surface area contributed by atoms with E-state index in [0.29, 0.717) is 11.6 Å². The van der Waals surface area contributed by atoms with E-state index in [1.165, 1.54) is 12.6 Å². The standard InChI is InChI=1S/C13H21N5O2/c19-13(12-8-14-16-15-12)18-3-1-2-11(10-18)9-17-4-6-20-7-5-17/h8,11H,1-7,9-10H2,(H,14,15,16)/t11-/m1/s1. The maximum Gasteiger partial charge on any atom is 0.276 e. The Labute approximate surface area is 118 Å². The molecule has 7 heteroatoms. The topological polar surface area (TPSA) is 74.4 Å². The number of likely N-dealkylation sites (tertiary alicyclic amines) is 1. The SMILES string of the molecule is O=C(c1cn[nH]n1)N1CCC[C@H](CN2CCOCC2)C1. The lowest BCUT2D eigenvalue weighted by Crippen LogP contribution is -2.46. The second-order valence-corrected chi connectivity index (χ2v) is 5.53. The summed E-state index contributed by atoms with van der Waals surface area (Å²) in [5, 5.41) is 10.1. The van der Waals surface area contributed by atoms with Crippen molar-refractivity contribution in [2.24, 2.45) is 5.92 Å². The van der Waals surface area contributed by atoms with Crippen molar-refractivity contribution in [3.8, 4) is 0 Å². The molecule has 0 saturated carbocycles. The number of piperidine rings is 1. The summed E-state index contributed by atoms with van der Waals surface area (Å²) in [6, 6.07) is 0. The number of amides is 1. The molecule has 0 bridgehead atoms. The Hall–Kier alpha value is -1.47. The van der Waals surface area contributed by atoms with Crippen molar-refractivity contribution in [1.82, 2.24) is 25.2 Å². The van der Waals surface area contributed by atoms with Gasteiger partial charge in [-0.1, -0.05) is 0 Å². The van der Waals surface area contributed by atoms with Gasteiger partial charge in [0.2, 0.25) is 0 Å². The smallest absolute Gasteiger partial charge is 0.276 e. The van der Waals surface area contributed by atoms with Crippen molar-refractivity contribution in [1.29, 1.82) is 0 Å². The highest BCUT2D eigenvalue weighted by molar-refractivity contribution is 5.91. The first kappa shape index (κ1) is 13.5. The number of hydrogen-bond acceptors (Lipinski definition) is 5. The zero-order chi connectivity index (χ0) is 13.8. The van der Waals surface area contributed by atoms with Crippen molar-refractivity contribution in [3.63, 3.8) is 0 Å². The molecule has 110 valence electrons. The summed E-state index contributed by atoms with van der Waals surface area (Å²) in [6.07, 6.45) is 3.76. The number of morpholine rings is 1. The molecule has 2 saturated heterocycles. The fourth-order valence-electron chi connectivity index (χ4n) is 3.01. The number of nitrogens with one attached hydrogen (secondary N) is 1. The van der Waals surface area contributed by atoms with Gasteiger partial charge < -0.3 is 9.64 Å². The van der Waals surface area contributed by atoms with Gasteiger partial charge in [-0.2, -0.15) is 15.4 Å². The number of aromatic amines is 1. The molecule has 0 spiro atoms. The Bertz CT molecular complexity index is 430. The monoisotopic (exact) mass is 279 g/mol. The molecule has 1 atom stereocenters. The van der Waals surface area contributed by atoms with Gasteiger partial charge in [-0.15, -0.1) is 0 Å². The molecule has 2 aliphatic rings. The quantitative estimate of drug-likeness (QED) is 0.842. The molecule has 1 amide bonds. The van der Waals surface area contributed by atoms with Crippen molar-refractivity contribution < 1.29 is 9.53 Å². The summed E-state index contributed by atoms with van der Waals surface area (Å²) >= 11 is 0. The third-order valence-electron chi connectivity index (χ3n) is 4.06. The molecule has 20 heavy (non-hydrogen) atoms. The maximum absolute atomic E-state index is 12.3. The Kier molecular flexibility index (Phi) is 4.27. The zero-order valence-corrected chi connectivity index (χ0v) is 11.6. The van der Waals surface area contributed by atoms with Crippen LogP contribution in [0.1, 0.15) is 23.3 Å². The van der Waals surface area contributed by atoms with Crippen LogP contribution in [0.15, 0.2) is 6.20 Å². The fourth-order valence-corrected chi connectivity index (χ4v) is 3.01. The molecular weight excluding hydrogens is 258 g/mol. The second kappa shape index (κ2) is 6.32. The van der Waals surface area contributed by atoms with Gasteiger partial charge in [-0.3, -0.25) is 9.69 Å². The van der Waals surface area contributed by atoms with Crippen molar-refractivity contribution in [2.75, 3.05) is 45.9 Å². The first-order valence-electron chi connectivity index (χ1n) is 7.28. The number of ether oxygens (including phenoxy) is 1. The normalized spacial score (nSPS) is 24.8. The summed E-state index contributed by atoms with van der Waals surface area (Å²) in [7, 11) is 0. The third kappa shape index (κ3) is 3.16. The number of carbonyl (C=O) groups is 1. The molecule has 1 aromatic heterocycles. The van der Waals surface area contributed by atoms with Crippen LogP contribution in [0.4, 0.5) is 0 Å². The Morgan fingerprint density at radius 3 is 3.00 bits per heavy atom. The molecule has 3 rings (SSSR count). The van der Waals surface area contributed by atoms with Crippen LogP contribution in [0.3, 0.4) is 0 Å². The Morgan fingerprint density at radius 1 is 1.40 bits per heavy atom. The van der Waals surface area contributed by atoms with E-state index in [0.717, 1.165) is 52.4 Å². The molecule has 0 aromatic carbocycles. The highest BCUT2D eigenvalue weighted by Crippen LogP contribution is 2.19. The van der Waals surface area contributed by atoms with Crippen LogP contribution in [-0.2, 0) is 4.74 Å². The molecule has 2 fully saturated rings. The van der Waals surface area contributed by atoms with E-state index >= 15 is 0 Å². The predicted octanol–water partition coefficient (Wildman–Crippen LogP) is -0.0109. The van der Waals surface area contributed by atoms with E-state index in [1.54, 1.807) is 0 Å². The minimum absolute atomic E-state index is 0.00886. The summed E-state index contributed by atoms with van der Waals surface area (Å²) in [5.74, 6) is 0.545. The zero-order valence-electron chi connectivity index (χ0n) is 11.6. The third-order valence-corrected chi connectivity index (χ3v) is 4.06. The number of rotatable bonds is 3. The van der Waals surface area contributed by atoms with Gasteiger partial charge in [0.15, 0.2) is 5.69 Å². The maximum atomic E-state index is 12.3. The Balaban J connectivity index is 1.54. The largest absolute Gasteiger partial charge is 0.379 e. The highest BCUT2D eigenvalue weighted by Gasteiger charge is 2.27. The van der Waals surface area contributed by atoms with E-state index in [-0.39, 0.29) is 5.91 Å². The summed E-state index contributed by atoms with van der Waals surface area (Å²) in [5.41, 5.74) is 0.414. The van der Waals surface area contributed by atoms with Gasteiger partial charge in [-0.05, 0) is 18.8 Å². The van der Waals surface area contributed by atoms with Crippen molar-refractivity contribution >= 4 is 5.91 Å². The molecule has 1 N–H and O–H groups in total. The lowest BCUT2D eigenvalue weighted by atomic mass is 9.97. The van der Waals surface area contributed by atoms with Crippen LogP contribution < -0.4 is 0 Å². The van der Waals surface area contributed by atoms with Crippen LogP contribution in [0.2, 0.25) is 0 Å². The fraction of sp³-hybridized carbons (Fsp3) is 0.769. The number of hydrogen-bond donors (Lipinski definition) is 1. The molecule has 0 unspecified atom stereocenters. The van der Waals surface area contributed by atoms with Gasteiger partial charge >= 0.3 is 0 Å². The average Bonchev–Trinajstić information content (AvgIpc) is 3.02. The van der Waals surface area contributed by atoms with Gasteiger partial charge in [0.05, 0.1) is 19.4 Å². The number of nitrogens with zero attached hydrogens (tertiary/aromatic N) is 4. The minimum atomic E-state index is -0.00886. The van der Waals surface area contributed by atoms with Crippen LogP contribution in [0.25, 0.3) is 0 Å². The van der Waals surface area contributed by atoms with E-state index in [9.17, 15) is 4.79 Å². The lowest BCUT2D eigenvalue weighted by Gasteiger charge is -2.36. The minimum Gasteiger partial charge on any atom is -0.379 e. The molecule has 2 aliphatic heterocycles. The second-order valence-electron chi connectivity index (χ2n) is 5.53. The van der Waals surface area contributed by atoms with Crippen LogP contribution in [-0.4, -0.2) is 77.1 Å². The van der Waals surface area contributed by atoms with E-state index in [2.05, 4.69) is 20.3 Å². The molecule has 0 aliphatic carbocycles. The number of carbonyl (C=O) groups excluding carboxylic acids is 1. The average molecular weight is 279 g/mol. The van der Waals surface area contributed by atoms with Gasteiger partial charge in [0.25, 0.3) is 5.91 Å². The molecule has 3 heterocycles. The van der Waals surface area contributed by atoms with E-state index < -0.39 is 0 Å². The number of H-pyrrole nitrogens is 1. The molecule has 0 radical (unpaired) electrons. The summed E-state index contributed by atoms with van der Waals surface area (Å²) < 4.78 is 5.37. The van der Waals surface area contributed by atoms with Crippen molar-refractivity contribution in [2.45, 2.75) is 12.8 Å². The summed E-state index contributed by atoms with van der Waals surface area (Å²) in [6.45, 7) is 6.38. The molecular formula is C13H21N5O2. The first-order chi connectivity index (χ1) is 9.83. The van der Waals surface area contributed by atoms with Crippen LogP contribution >= 0.6 is 0 Å². The van der Waals surface area contributed by atoms with Crippen molar-refractivity contribution in [3.05, 3.63) is 11.9 Å². The van der Waals surface area contributed by atoms with E-state index in [1.807, 2.05) is 4.90 Å². The van der Waals surface area contributed by atoms with Gasteiger partial charge in [0.1, 0.15) is 0 Å². The van der Waals surface area contributed by atoms with Gasteiger partial charge in [0, 0.05) is 32.7 Å². The van der Waals surface area contributed by atoms with Crippen LogP contribution in [0, 0.1) is 5.92 Å². The lowest BCUT2D eigenvalue weighted by molar-refractivity contribution is 0.0223. The first-order valence-corrected chi connectivity index (χ1v) is 7.28. The van der Waals surface area contributed by atoms with Crippen LogP contribution in [0.5, 0.6) is 0 Å². The predicted molar refractivity (Wildman–Crippen MR) is 72.3 cm³/mol.